The first-order valence-electron chi connectivity index (χ1n) is 15.7. The van der Waals surface area contributed by atoms with Crippen molar-refractivity contribution >= 4 is 43.8 Å². The van der Waals surface area contributed by atoms with Gasteiger partial charge in [-0.15, -0.1) is 0 Å². The lowest BCUT2D eigenvalue weighted by Crippen LogP contribution is -2.15. The summed E-state index contributed by atoms with van der Waals surface area (Å²) in [5.74, 6) is -0.298. The SMILES string of the molecule is CCCCCCCCCCCCCCCCCC(=O)Nc1cc(NS(=O)(=O)c2ccc(N)cc2)c2ccccc2c1O. The third-order valence-corrected chi connectivity index (χ3v) is 9.11. The summed E-state index contributed by atoms with van der Waals surface area (Å²) >= 11 is 0. The molecule has 3 aromatic rings. The maximum absolute atomic E-state index is 13.0. The second kappa shape index (κ2) is 17.6. The Morgan fingerprint density at radius 2 is 1.21 bits per heavy atom. The summed E-state index contributed by atoms with van der Waals surface area (Å²) in [5, 5.41) is 14.6. The summed E-state index contributed by atoms with van der Waals surface area (Å²) < 4.78 is 28.7. The number of sulfonamides is 1. The number of hydrogen-bond donors (Lipinski definition) is 4. The minimum absolute atomic E-state index is 0.0626. The van der Waals surface area contributed by atoms with E-state index in [1.54, 1.807) is 24.3 Å². The van der Waals surface area contributed by atoms with Crippen LogP contribution in [0.15, 0.2) is 59.5 Å². The van der Waals surface area contributed by atoms with E-state index in [0.717, 1.165) is 19.3 Å². The van der Waals surface area contributed by atoms with Crippen LogP contribution in [-0.2, 0) is 14.8 Å². The van der Waals surface area contributed by atoms with Gasteiger partial charge in [0.2, 0.25) is 5.91 Å². The number of hydrogen-bond acceptors (Lipinski definition) is 5. The number of amides is 1. The molecular weight excluding hydrogens is 546 g/mol. The molecule has 0 fully saturated rings. The van der Waals surface area contributed by atoms with Crippen LogP contribution in [-0.4, -0.2) is 19.4 Å². The average molecular weight is 596 g/mol. The molecule has 0 aromatic heterocycles. The van der Waals surface area contributed by atoms with E-state index in [9.17, 15) is 18.3 Å². The zero-order valence-corrected chi connectivity index (χ0v) is 26.0. The van der Waals surface area contributed by atoms with Gasteiger partial charge in [0, 0.05) is 22.9 Å². The van der Waals surface area contributed by atoms with Gasteiger partial charge in [0.05, 0.1) is 16.3 Å². The zero-order chi connectivity index (χ0) is 30.2. The molecule has 0 saturated carbocycles. The molecule has 1 amide bonds. The number of fused-ring (bicyclic) bond motifs is 1. The molecule has 0 atom stereocenters. The van der Waals surface area contributed by atoms with Crippen LogP contribution in [0, 0.1) is 0 Å². The molecule has 0 spiro atoms. The fraction of sp³-hybridized carbons (Fsp3) is 0.500. The van der Waals surface area contributed by atoms with E-state index in [1.165, 1.54) is 107 Å². The molecule has 0 radical (unpaired) electrons. The molecule has 42 heavy (non-hydrogen) atoms. The number of anilines is 3. The highest BCUT2D eigenvalue weighted by Crippen LogP contribution is 2.39. The van der Waals surface area contributed by atoms with Crippen LogP contribution in [0.25, 0.3) is 10.8 Å². The number of nitrogens with one attached hydrogen (secondary N) is 2. The van der Waals surface area contributed by atoms with Gasteiger partial charge >= 0.3 is 0 Å². The fourth-order valence-corrected chi connectivity index (χ4v) is 6.33. The molecule has 0 bridgehead atoms. The minimum atomic E-state index is -3.92. The van der Waals surface area contributed by atoms with Crippen LogP contribution in [0.2, 0.25) is 0 Å². The molecule has 3 aromatic carbocycles. The Kier molecular flexibility index (Phi) is 14.0. The zero-order valence-electron chi connectivity index (χ0n) is 25.2. The lowest BCUT2D eigenvalue weighted by Gasteiger charge is -2.16. The van der Waals surface area contributed by atoms with Gasteiger partial charge in [0.15, 0.2) is 0 Å². The third kappa shape index (κ3) is 10.9. The summed E-state index contributed by atoms with van der Waals surface area (Å²) in [4.78, 5) is 12.8. The van der Waals surface area contributed by atoms with Gasteiger partial charge in [-0.2, -0.15) is 0 Å². The number of carbonyl (C=O) groups excluding carboxylic acids is 1. The van der Waals surface area contributed by atoms with Crippen molar-refractivity contribution in [3.8, 4) is 5.75 Å². The van der Waals surface area contributed by atoms with Crippen molar-refractivity contribution in [2.24, 2.45) is 0 Å². The van der Waals surface area contributed by atoms with E-state index < -0.39 is 10.0 Å². The van der Waals surface area contributed by atoms with Crippen molar-refractivity contribution in [2.45, 2.75) is 115 Å². The van der Waals surface area contributed by atoms with Crippen LogP contribution in [0.1, 0.15) is 110 Å². The van der Waals surface area contributed by atoms with Crippen LogP contribution < -0.4 is 15.8 Å². The maximum atomic E-state index is 13.0. The van der Waals surface area contributed by atoms with E-state index in [2.05, 4.69) is 17.0 Å². The Hall–Kier alpha value is -3.26. The Labute approximate surface area is 252 Å². The summed E-state index contributed by atoms with van der Waals surface area (Å²) in [6.07, 6.45) is 19.2. The molecule has 0 aliphatic heterocycles. The number of carbonyl (C=O) groups is 1. The number of nitrogen functional groups attached to an aromatic ring is 1. The Balaban J connectivity index is 1.42. The van der Waals surface area contributed by atoms with Gasteiger partial charge in [0.25, 0.3) is 10.0 Å². The van der Waals surface area contributed by atoms with Crippen molar-refractivity contribution in [1.29, 1.82) is 0 Å². The summed E-state index contributed by atoms with van der Waals surface area (Å²) in [6.45, 7) is 2.26. The predicted molar refractivity (Wildman–Crippen MR) is 175 cm³/mol. The first-order valence-corrected chi connectivity index (χ1v) is 17.2. The highest BCUT2D eigenvalue weighted by atomic mass is 32.2. The van der Waals surface area contributed by atoms with E-state index >= 15 is 0 Å². The Morgan fingerprint density at radius 1 is 0.714 bits per heavy atom. The standard InChI is InChI=1S/C34H49N3O4S/c1-2-3-4-5-6-7-8-9-10-11-12-13-14-15-16-21-33(38)36-32-26-31(29-19-17-18-20-30(29)34(32)39)37-42(40,41)28-24-22-27(35)23-25-28/h17-20,22-26,37,39H,2-16,21,35H2,1H3,(H,36,38). The smallest absolute Gasteiger partial charge is 0.261 e. The molecule has 8 heteroatoms. The van der Waals surface area contributed by atoms with Gasteiger partial charge in [-0.05, 0) is 36.8 Å². The van der Waals surface area contributed by atoms with Gasteiger partial charge in [-0.25, -0.2) is 8.42 Å². The minimum Gasteiger partial charge on any atom is -0.505 e. The van der Waals surface area contributed by atoms with Gasteiger partial charge in [-0.3, -0.25) is 9.52 Å². The summed E-state index contributed by atoms with van der Waals surface area (Å²) in [5.41, 5.74) is 6.60. The van der Waals surface area contributed by atoms with E-state index in [4.69, 9.17) is 5.73 Å². The molecule has 230 valence electrons. The predicted octanol–water partition coefficient (Wildman–Crippen LogP) is 9.13. The summed E-state index contributed by atoms with van der Waals surface area (Å²) in [6, 6.07) is 14.3. The van der Waals surface area contributed by atoms with Crippen molar-refractivity contribution in [1.82, 2.24) is 0 Å². The fourth-order valence-electron chi connectivity index (χ4n) is 5.26. The lowest BCUT2D eigenvalue weighted by atomic mass is 10.0. The van der Waals surface area contributed by atoms with Gasteiger partial charge < -0.3 is 16.2 Å². The first kappa shape index (κ1) is 33.2. The van der Waals surface area contributed by atoms with Crippen molar-refractivity contribution in [2.75, 3.05) is 15.8 Å². The number of unbranched alkanes of at least 4 members (excludes halogenated alkanes) is 14. The molecule has 0 saturated heterocycles. The van der Waals surface area contributed by atoms with Gasteiger partial charge in [-0.1, -0.05) is 121 Å². The molecule has 7 nitrogen and oxygen atoms in total. The monoisotopic (exact) mass is 595 g/mol. The second-order valence-corrected chi connectivity index (χ2v) is 13.0. The number of aromatic hydroxyl groups is 1. The van der Waals surface area contributed by atoms with Crippen LogP contribution in [0.3, 0.4) is 0 Å². The quantitative estimate of drug-likeness (QED) is 0.0449. The normalized spacial score (nSPS) is 11.5. The van der Waals surface area contributed by atoms with E-state index in [0.29, 0.717) is 22.9 Å². The lowest BCUT2D eigenvalue weighted by molar-refractivity contribution is -0.116. The van der Waals surface area contributed by atoms with Crippen LogP contribution in [0.5, 0.6) is 5.75 Å². The highest BCUT2D eigenvalue weighted by Gasteiger charge is 2.19. The molecular formula is C34H49N3O4S. The second-order valence-electron chi connectivity index (χ2n) is 11.3. The van der Waals surface area contributed by atoms with E-state index in [-0.39, 0.29) is 27.9 Å². The molecule has 3 rings (SSSR count). The number of benzene rings is 3. The topological polar surface area (TPSA) is 122 Å². The molecule has 0 aliphatic carbocycles. The number of phenolic OH excluding ortho intramolecular Hbond substituents is 1. The maximum Gasteiger partial charge on any atom is 0.261 e. The number of nitrogens with two attached hydrogens (primary N) is 1. The summed E-state index contributed by atoms with van der Waals surface area (Å²) in [7, 11) is -3.92. The highest BCUT2D eigenvalue weighted by molar-refractivity contribution is 7.92. The van der Waals surface area contributed by atoms with Crippen LogP contribution in [0.4, 0.5) is 17.1 Å². The molecule has 0 unspecified atom stereocenters. The van der Waals surface area contributed by atoms with Gasteiger partial charge in [0.1, 0.15) is 5.75 Å². The Morgan fingerprint density at radius 3 is 1.76 bits per heavy atom. The Bertz CT molecular complexity index is 1360. The first-order chi connectivity index (χ1) is 20.3. The molecule has 0 aliphatic rings. The third-order valence-electron chi connectivity index (χ3n) is 7.73. The van der Waals surface area contributed by atoms with Crippen molar-refractivity contribution in [3.05, 3.63) is 54.6 Å². The average Bonchev–Trinajstić information content (AvgIpc) is 2.97. The largest absolute Gasteiger partial charge is 0.505 e. The van der Waals surface area contributed by atoms with Crippen molar-refractivity contribution in [3.63, 3.8) is 0 Å². The molecule has 5 N–H and O–H groups in total. The van der Waals surface area contributed by atoms with E-state index in [1.807, 2.05) is 0 Å². The number of phenols is 1. The number of rotatable bonds is 20. The van der Waals surface area contributed by atoms with Crippen LogP contribution >= 0.6 is 0 Å². The molecule has 0 heterocycles. The van der Waals surface area contributed by atoms with Crippen molar-refractivity contribution < 1.29 is 18.3 Å².